The molecule has 0 spiro atoms. The maximum absolute atomic E-state index is 12.4. The summed E-state index contributed by atoms with van der Waals surface area (Å²) in [6, 6.07) is 3.98. The number of alkyl halides is 4. The molecule has 0 saturated heterocycles. The van der Waals surface area contributed by atoms with Gasteiger partial charge in [-0.3, -0.25) is 0 Å². The van der Waals surface area contributed by atoms with Gasteiger partial charge in [-0.15, -0.1) is 0 Å². The fourth-order valence-electron chi connectivity index (χ4n) is 1.88. The number of hydrogen-bond donors (Lipinski definition) is 1. The SMILES string of the molecule is CCCC(C)NCc1ccc(OC(F)F)cc1OC(F)F. The molecule has 0 aliphatic heterocycles. The Labute approximate surface area is 121 Å². The third kappa shape index (κ3) is 6.66. The Morgan fingerprint density at radius 1 is 1.10 bits per heavy atom. The topological polar surface area (TPSA) is 30.5 Å². The molecule has 1 aromatic rings. The maximum atomic E-state index is 12.4. The monoisotopic (exact) mass is 309 g/mol. The van der Waals surface area contributed by atoms with Gasteiger partial charge >= 0.3 is 13.2 Å². The second-order valence-electron chi connectivity index (χ2n) is 4.60. The van der Waals surface area contributed by atoms with E-state index in [1.165, 1.54) is 12.1 Å². The lowest BCUT2D eigenvalue weighted by Gasteiger charge is -2.16. The molecule has 1 unspecified atom stereocenters. The predicted octanol–water partition coefficient (Wildman–Crippen LogP) is 4.17. The minimum Gasteiger partial charge on any atom is -0.435 e. The van der Waals surface area contributed by atoms with Crippen molar-refractivity contribution in [3.8, 4) is 11.5 Å². The molecule has 120 valence electrons. The van der Waals surface area contributed by atoms with E-state index in [0.717, 1.165) is 18.9 Å². The average molecular weight is 309 g/mol. The van der Waals surface area contributed by atoms with E-state index in [2.05, 4.69) is 14.8 Å². The van der Waals surface area contributed by atoms with Gasteiger partial charge in [0.05, 0.1) is 0 Å². The third-order valence-corrected chi connectivity index (χ3v) is 2.84. The first-order valence-electron chi connectivity index (χ1n) is 6.68. The largest absolute Gasteiger partial charge is 0.435 e. The second-order valence-corrected chi connectivity index (χ2v) is 4.60. The van der Waals surface area contributed by atoms with Crippen LogP contribution < -0.4 is 14.8 Å². The zero-order valence-corrected chi connectivity index (χ0v) is 11.9. The summed E-state index contributed by atoms with van der Waals surface area (Å²) >= 11 is 0. The standard InChI is InChI=1S/C14H19F4NO2/c1-3-4-9(2)19-8-10-5-6-11(20-13(15)16)7-12(10)21-14(17)18/h5-7,9,13-14,19H,3-4,8H2,1-2H3. The average Bonchev–Trinajstić information content (AvgIpc) is 2.36. The van der Waals surface area contributed by atoms with E-state index in [1.807, 2.05) is 13.8 Å². The first-order valence-corrected chi connectivity index (χ1v) is 6.68. The van der Waals surface area contributed by atoms with Gasteiger partial charge in [0.2, 0.25) is 0 Å². The molecule has 0 amide bonds. The van der Waals surface area contributed by atoms with Gasteiger partial charge in [-0.1, -0.05) is 19.4 Å². The van der Waals surface area contributed by atoms with E-state index >= 15 is 0 Å². The van der Waals surface area contributed by atoms with Crippen molar-refractivity contribution < 1.29 is 27.0 Å². The van der Waals surface area contributed by atoms with Crippen LogP contribution in [0.25, 0.3) is 0 Å². The predicted molar refractivity (Wildman–Crippen MR) is 70.9 cm³/mol. The zero-order valence-electron chi connectivity index (χ0n) is 11.9. The Bertz CT molecular complexity index is 429. The molecule has 0 heterocycles. The first-order chi connectivity index (χ1) is 9.92. The van der Waals surface area contributed by atoms with E-state index in [-0.39, 0.29) is 17.5 Å². The summed E-state index contributed by atoms with van der Waals surface area (Å²) in [6.07, 6.45) is 1.94. The molecule has 0 bridgehead atoms. The maximum Gasteiger partial charge on any atom is 0.387 e. The third-order valence-electron chi connectivity index (χ3n) is 2.84. The molecule has 0 fully saturated rings. The molecule has 0 aliphatic carbocycles. The quantitative estimate of drug-likeness (QED) is 0.695. The summed E-state index contributed by atoms with van der Waals surface area (Å²) in [5, 5.41) is 3.16. The van der Waals surface area contributed by atoms with Crippen molar-refractivity contribution in [1.29, 1.82) is 0 Å². The molecular formula is C14H19F4NO2. The van der Waals surface area contributed by atoms with E-state index in [1.54, 1.807) is 0 Å². The zero-order chi connectivity index (χ0) is 15.8. The van der Waals surface area contributed by atoms with Gasteiger partial charge in [-0.25, -0.2) is 0 Å². The van der Waals surface area contributed by atoms with Crippen molar-refractivity contribution in [3.05, 3.63) is 23.8 Å². The van der Waals surface area contributed by atoms with Gasteiger partial charge in [0.1, 0.15) is 11.5 Å². The number of ether oxygens (including phenoxy) is 2. The van der Waals surface area contributed by atoms with E-state index in [0.29, 0.717) is 12.1 Å². The van der Waals surface area contributed by atoms with E-state index in [4.69, 9.17) is 0 Å². The highest BCUT2D eigenvalue weighted by Crippen LogP contribution is 2.27. The lowest BCUT2D eigenvalue weighted by atomic mass is 10.1. The van der Waals surface area contributed by atoms with Crippen molar-refractivity contribution in [2.24, 2.45) is 0 Å². The highest BCUT2D eigenvalue weighted by Gasteiger charge is 2.13. The van der Waals surface area contributed by atoms with Crippen LogP contribution in [0.1, 0.15) is 32.3 Å². The van der Waals surface area contributed by atoms with Crippen LogP contribution in [0.2, 0.25) is 0 Å². The first kappa shape index (κ1) is 17.6. The van der Waals surface area contributed by atoms with Crippen molar-refractivity contribution in [2.75, 3.05) is 0 Å². The lowest BCUT2D eigenvalue weighted by molar-refractivity contribution is -0.0546. The Morgan fingerprint density at radius 3 is 2.33 bits per heavy atom. The molecule has 1 rings (SSSR count). The number of rotatable bonds is 9. The Hall–Kier alpha value is -1.50. The van der Waals surface area contributed by atoms with Crippen molar-refractivity contribution in [1.82, 2.24) is 5.32 Å². The molecule has 0 radical (unpaired) electrons. The molecule has 0 aliphatic rings. The van der Waals surface area contributed by atoms with Crippen LogP contribution >= 0.6 is 0 Å². The minimum absolute atomic E-state index is 0.167. The van der Waals surface area contributed by atoms with Gasteiger partial charge in [0.15, 0.2) is 0 Å². The van der Waals surface area contributed by atoms with Gasteiger partial charge < -0.3 is 14.8 Å². The number of hydrogen-bond acceptors (Lipinski definition) is 3. The summed E-state index contributed by atoms with van der Waals surface area (Å²) in [5.41, 5.74) is 0.458. The smallest absolute Gasteiger partial charge is 0.387 e. The van der Waals surface area contributed by atoms with Crippen LogP contribution in [0.4, 0.5) is 17.6 Å². The number of halogens is 4. The second kappa shape index (κ2) is 8.71. The van der Waals surface area contributed by atoms with E-state index < -0.39 is 13.2 Å². The van der Waals surface area contributed by atoms with E-state index in [9.17, 15) is 17.6 Å². The van der Waals surface area contributed by atoms with Crippen LogP contribution in [0.3, 0.4) is 0 Å². The van der Waals surface area contributed by atoms with Gasteiger partial charge in [-0.05, 0) is 19.4 Å². The molecule has 0 aromatic heterocycles. The van der Waals surface area contributed by atoms with Crippen molar-refractivity contribution >= 4 is 0 Å². The Morgan fingerprint density at radius 2 is 1.76 bits per heavy atom. The molecule has 21 heavy (non-hydrogen) atoms. The van der Waals surface area contributed by atoms with Gasteiger partial charge in [0, 0.05) is 24.2 Å². The molecule has 3 nitrogen and oxygen atoms in total. The summed E-state index contributed by atoms with van der Waals surface area (Å²) < 4.78 is 57.6. The van der Waals surface area contributed by atoms with Crippen LogP contribution in [0.5, 0.6) is 11.5 Å². The molecule has 1 aromatic carbocycles. The van der Waals surface area contributed by atoms with Crippen LogP contribution in [0, 0.1) is 0 Å². The van der Waals surface area contributed by atoms with Gasteiger partial charge in [0.25, 0.3) is 0 Å². The fraction of sp³-hybridized carbons (Fsp3) is 0.571. The van der Waals surface area contributed by atoms with Crippen molar-refractivity contribution in [3.63, 3.8) is 0 Å². The molecule has 7 heteroatoms. The van der Waals surface area contributed by atoms with Crippen LogP contribution in [-0.4, -0.2) is 19.3 Å². The lowest BCUT2D eigenvalue weighted by Crippen LogP contribution is -2.25. The highest BCUT2D eigenvalue weighted by atomic mass is 19.3. The Kier molecular flexibility index (Phi) is 7.28. The summed E-state index contributed by atoms with van der Waals surface area (Å²) in [5.74, 6) is -0.384. The summed E-state index contributed by atoms with van der Waals surface area (Å²) in [7, 11) is 0. The minimum atomic E-state index is -3.03. The molecule has 1 atom stereocenters. The summed E-state index contributed by atoms with van der Waals surface area (Å²) in [4.78, 5) is 0. The molecule has 1 N–H and O–H groups in total. The number of benzene rings is 1. The molecule has 0 saturated carbocycles. The van der Waals surface area contributed by atoms with Crippen LogP contribution in [0.15, 0.2) is 18.2 Å². The van der Waals surface area contributed by atoms with Crippen LogP contribution in [-0.2, 0) is 6.54 Å². The Balaban J connectivity index is 2.80. The summed E-state index contributed by atoms with van der Waals surface area (Å²) in [6.45, 7) is -1.72. The normalized spacial score (nSPS) is 12.8. The highest BCUT2D eigenvalue weighted by molar-refractivity contribution is 5.40. The van der Waals surface area contributed by atoms with Crippen molar-refractivity contribution in [2.45, 2.75) is 52.5 Å². The van der Waals surface area contributed by atoms with Gasteiger partial charge in [-0.2, -0.15) is 17.6 Å². The molecular weight excluding hydrogens is 290 g/mol. The fourth-order valence-corrected chi connectivity index (χ4v) is 1.88. The number of nitrogens with one attached hydrogen (secondary N) is 1.